The van der Waals surface area contributed by atoms with E-state index in [9.17, 15) is 9.59 Å². The number of para-hydroxylation sites is 1. The molecule has 1 unspecified atom stereocenters. The Bertz CT molecular complexity index is 1060. The van der Waals surface area contributed by atoms with Crippen LogP contribution in [0.5, 0.6) is 0 Å². The van der Waals surface area contributed by atoms with Gasteiger partial charge < -0.3 is 14.5 Å². The fraction of sp³-hybridized carbons (Fsp3) is 0.364. The number of hydrogen-bond acceptors (Lipinski definition) is 5. The van der Waals surface area contributed by atoms with Crippen molar-refractivity contribution in [1.29, 1.82) is 0 Å². The maximum atomic E-state index is 13.0. The van der Waals surface area contributed by atoms with Gasteiger partial charge in [-0.2, -0.15) is 0 Å². The minimum atomic E-state index is -0.369. The van der Waals surface area contributed by atoms with Gasteiger partial charge in [0.25, 0.3) is 5.91 Å². The SMILES string of the molecule is CCOC(=O)c1c(NC(=O)c2oc3ccccc3c2C)sc2c1CCC(C)C2. The van der Waals surface area contributed by atoms with E-state index in [2.05, 4.69) is 12.2 Å². The molecule has 1 N–H and O–H groups in total. The second kappa shape index (κ2) is 7.43. The van der Waals surface area contributed by atoms with Gasteiger partial charge in [0, 0.05) is 15.8 Å². The Morgan fingerprint density at radius 1 is 1.32 bits per heavy atom. The normalized spacial score (nSPS) is 16.0. The van der Waals surface area contributed by atoms with E-state index in [1.165, 1.54) is 16.2 Å². The second-order valence-corrected chi connectivity index (χ2v) is 8.39. The average molecular weight is 397 g/mol. The summed E-state index contributed by atoms with van der Waals surface area (Å²) in [6, 6.07) is 7.56. The van der Waals surface area contributed by atoms with E-state index in [0.717, 1.165) is 35.8 Å². The Kier molecular flexibility index (Phi) is 4.98. The number of carbonyl (C=O) groups is 2. The Morgan fingerprint density at radius 2 is 2.11 bits per heavy atom. The largest absolute Gasteiger partial charge is 0.462 e. The standard InChI is InChI=1S/C22H23NO4S/c1-4-26-22(25)18-15-10-9-12(2)11-17(15)28-21(18)23-20(24)19-13(3)14-7-5-6-8-16(14)27-19/h5-8,12H,4,9-11H2,1-3H3,(H,23,24). The lowest BCUT2D eigenvalue weighted by atomic mass is 9.88. The van der Waals surface area contributed by atoms with Gasteiger partial charge in [-0.05, 0) is 50.7 Å². The van der Waals surface area contributed by atoms with E-state index in [0.29, 0.717) is 28.7 Å². The van der Waals surface area contributed by atoms with E-state index in [4.69, 9.17) is 9.15 Å². The van der Waals surface area contributed by atoms with Gasteiger partial charge in [-0.15, -0.1) is 11.3 Å². The highest BCUT2D eigenvalue weighted by Gasteiger charge is 2.30. The van der Waals surface area contributed by atoms with Crippen LogP contribution >= 0.6 is 11.3 Å². The van der Waals surface area contributed by atoms with Gasteiger partial charge in [-0.1, -0.05) is 25.1 Å². The molecule has 0 bridgehead atoms. The topological polar surface area (TPSA) is 68.5 Å². The fourth-order valence-corrected chi connectivity index (χ4v) is 5.20. The van der Waals surface area contributed by atoms with Gasteiger partial charge in [0.1, 0.15) is 10.6 Å². The highest BCUT2D eigenvalue weighted by Crippen LogP contribution is 2.40. The van der Waals surface area contributed by atoms with E-state index < -0.39 is 0 Å². The molecule has 1 amide bonds. The monoisotopic (exact) mass is 397 g/mol. The van der Waals surface area contributed by atoms with Gasteiger partial charge in [0.15, 0.2) is 5.76 Å². The summed E-state index contributed by atoms with van der Waals surface area (Å²) in [5, 5.41) is 4.40. The zero-order valence-corrected chi connectivity index (χ0v) is 17.1. The second-order valence-electron chi connectivity index (χ2n) is 7.28. The van der Waals surface area contributed by atoms with Crippen LogP contribution < -0.4 is 5.32 Å². The number of fused-ring (bicyclic) bond motifs is 2. The van der Waals surface area contributed by atoms with Crippen LogP contribution in [0.2, 0.25) is 0 Å². The zero-order chi connectivity index (χ0) is 19.8. The predicted molar refractivity (Wildman–Crippen MR) is 110 cm³/mol. The Morgan fingerprint density at radius 3 is 2.86 bits per heavy atom. The number of esters is 1. The van der Waals surface area contributed by atoms with Gasteiger partial charge in [0.2, 0.25) is 0 Å². The first-order valence-electron chi connectivity index (χ1n) is 9.60. The lowest BCUT2D eigenvalue weighted by Gasteiger charge is -2.18. The molecule has 1 aromatic carbocycles. The van der Waals surface area contributed by atoms with Gasteiger partial charge >= 0.3 is 5.97 Å². The van der Waals surface area contributed by atoms with E-state index in [1.54, 1.807) is 6.92 Å². The predicted octanol–water partition coefficient (Wildman–Crippen LogP) is 5.36. The van der Waals surface area contributed by atoms with Crippen molar-refractivity contribution in [3.05, 3.63) is 51.6 Å². The summed E-state index contributed by atoms with van der Waals surface area (Å²) in [4.78, 5) is 26.7. The van der Waals surface area contributed by atoms with E-state index >= 15 is 0 Å². The molecule has 0 fully saturated rings. The van der Waals surface area contributed by atoms with Gasteiger partial charge in [0.05, 0.1) is 12.2 Å². The number of benzene rings is 1. The highest BCUT2D eigenvalue weighted by molar-refractivity contribution is 7.17. The summed E-state index contributed by atoms with van der Waals surface area (Å²) >= 11 is 1.48. The molecular formula is C22H23NO4S. The van der Waals surface area contributed by atoms with Crippen molar-refractivity contribution in [2.24, 2.45) is 5.92 Å². The minimum Gasteiger partial charge on any atom is -0.462 e. The Labute approximate surface area is 167 Å². The van der Waals surface area contributed by atoms with Crippen LogP contribution in [0.1, 0.15) is 57.2 Å². The van der Waals surface area contributed by atoms with Crippen LogP contribution in [0.4, 0.5) is 5.00 Å². The van der Waals surface area contributed by atoms with Crippen LogP contribution in [0.15, 0.2) is 28.7 Å². The fourth-order valence-electron chi connectivity index (χ4n) is 3.81. The summed E-state index contributed by atoms with van der Waals surface area (Å²) in [7, 11) is 0. The molecule has 5 nitrogen and oxygen atoms in total. The van der Waals surface area contributed by atoms with Crippen molar-refractivity contribution in [1.82, 2.24) is 0 Å². The van der Waals surface area contributed by atoms with Crippen LogP contribution in [0.25, 0.3) is 11.0 Å². The van der Waals surface area contributed by atoms with Crippen LogP contribution in [-0.2, 0) is 17.6 Å². The van der Waals surface area contributed by atoms with Crippen molar-refractivity contribution >= 4 is 39.2 Å². The number of thiophene rings is 1. The molecule has 0 aliphatic heterocycles. The number of anilines is 1. The summed E-state index contributed by atoms with van der Waals surface area (Å²) in [6.45, 7) is 6.17. The number of ether oxygens (including phenoxy) is 1. The third kappa shape index (κ3) is 3.22. The number of hydrogen-bond donors (Lipinski definition) is 1. The molecule has 0 radical (unpaired) electrons. The zero-order valence-electron chi connectivity index (χ0n) is 16.3. The quantitative estimate of drug-likeness (QED) is 0.602. The first-order valence-corrected chi connectivity index (χ1v) is 10.4. The Balaban J connectivity index is 1.71. The number of amides is 1. The van der Waals surface area contributed by atoms with E-state index in [1.807, 2.05) is 31.2 Å². The number of rotatable bonds is 4. The van der Waals surface area contributed by atoms with Gasteiger partial charge in [-0.3, -0.25) is 4.79 Å². The Hall–Kier alpha value is -2.60. The lowest BCUT2D eigenvalue weighted by molar-refractivity contribution is 0.0526. The molecular weight excluding hydrogens is 374 g/mol. The average Bonchev–Trinajstić information content (AvgIpc) is 3.19. The van der Waals surface area contributed by atoms with Crippen LogP contribution in [0.3, 0.4) is 0 Å². The third-order valence-electron chi connectivity index (χ3n) is 5.27. The molecule has 0 saturated carbocycles. The number of carbonyl (C=O) groups excluding carboxylic acids is 2. The van der Waals surface area contributed by atoms with Crippen molar-refractivity contribution < 1.29 is 18.7 Å². The van der Waals surface area contributed by atoms with Crippen molar-refractivity contribution in [3.63, 3.8) is 0 Å². The van der Waals surface area contributed by atoms with Crippen molar-refractivity contribution in [2.45, 2.75) is 40.0 Å². The molecule has 1 aliphatic rings. The first kappa shape index (κ1) is 18.7. The molecule has 6 heteroatoms. The molecule has 2 heterocycles. The summed E-state index contributed by atoms with van der Waals surface area (Å²) in [5.41, 5.74) is 3.00. The van der Waals surface area contributed by atoms with Crippen LogP contribution in [-0.4, -0.2) is 18.5 Å². The number of nitrogens with one attached hydrogen (secondary N) is 1. The van der Waals surface area contributed by atoms with Crippen LogP contribution in [0, 0.1) is 12.8 Å². The summed E-state index contributed by atoms with van der Waals surface area (Å²) < 4.78 is 11.0. The molecule has 3 aromatic rings. The molecule has 0 saturated heterocycles. The summed E-state index contributed by atoms with van der Waals surface area (Å²) in [5.74, 6) is 0.134. The molecule has 146 valence electrons. The molecule has 28 heavy (non-hydrogen) atoms. The molecule has 1 atom stereocenters. The number of furan rings is 1. The molecule has 0 spiro atoms. The third-order valence-corrected chi connectivity index (χ3v) is 6.44. The maximum absolute atomic E-state index is 13.0. The number of aryl methyl sites for hydroxylation is 1. The highest BCUT2D eigenvalue weighted by atomic mass is 32.1. The lowest BCUT2D eigenvalue weighted by Crippen LogP contribution is -2.16. The van der Waals surface area contributed by atoms with Crippen molar-refractivity contribution in [3.8, 4) is 0 Å². The smallest absolute Gasteiger partial charge is 0.341 e. The minimum absolute atomic E-state index is 0.274. The maximum Gasteiger partial charge on any atom is 0.341 e. The first-order chi connectivity index (χ1) is 13.5. The molecule has 1 aliphatic carbocycles. The summed E-state index contributed by atoms with van der Waals surface area (Å²) in [6.07, 6.45) is 2.79. The van der Waals surface area contributed by atoms with Gasteiger partial charge in [-0.25, -0.2) is 4.79 Å². The molecule has 2 aromatic heterocycles. The van der Waals surface area contributed by atoms with Crippen molar-refractivity contribution in [2.75, 3.05) is 11.9 Å². The van der Waals surface area contributed by atoms with E-state index in [-0.39, 0.29) is 17.6 Å². The molecule has 4 rings (SSSR count).